The molecule has 0 unspecified atom stereocenters. The van der Waals surface area contributed by atoms with Crippen molar-refractivity contribution in [3.8, 4) is 5.88 Å². The second-order valence-corrected chi connectivity index (χ2v) is 4.95. The molecule has 1 saturated heterocycles. The average Bonchev–Trinajstić information content (AvgIpc) is 2.40. The van der Waals surface area contributed by atoms with E-state index in [2.05, 4.69) is 22.2 Å². The first kappa shape index (κ1) is 13.1. The molecule has 0 amide bonds. The first-order chi connectivity index (χ1) is 8.78. The lowest BCUT2D eigenvalue weighted by Crippen LogP contribution is -2.32. The van der Waals surface area contributed by atoms with E-state index in [1.54, 1.807) is 0 Å². The summed E-state index contributed by atoms with van der Waals surface area (Å²) in [7, 11) is 2.19. The number of ether oxygens (including phenoxy) is 1. The minimum atomic E-state index is 0.662. The van der Waals surface area contributed by atoms with E-state index >= 15 is 0 Å². The highest BCUT2D eigenvalue weighted by Gasteiger charge is 2.16. The number of piperidine rings is 1. The van der Waals surface area contributed by atoms with Gasteiger partial charge in [0, 0.05) is 12.6 Å². The monoisotopic (exact) mass is 249 g/mol. The van der Waals surface area contributed by atoms with E-state index in [0.717, 1.165) is 18.2 Å². The summed E-state index contributed by atoms with van der Waals surface area (Å²) >= 11 is 0. The van der Waals surface area contributed by atoms with Gasteiger partial charge < -0.3 is 15.0 Å². The lowest BCUT2D eigenvalue weighted by Gasteiger charge is -2.29. The van der Waals surface area contributed by atoms with E-state index in [4.69, 9.17) is 4.74 Å². The molecule has 0 saturated carbocycles. The zero-order valence-corrected chi connectivity index (χ0v) is 11.4. The minimum Gasteiger partial charge on any atom is -0.478 e. The zero-order chi connectivity index (χ0) is 12.8. The molecule has 0 spiro atoms. The van der Waals surface area contributed by atoms with Crippen LogP contribution in [-0.2, 0) is 0 Å². The molecule has 1 aromatic heterocycles. The number of hydrogen-bond acceptors (Lipinski definition) is 4. The van der Waals surface area contributed by atoms with Crippen molar-refractivity contribution in [1.29, 1.82) is 0 Å². The second kappa shape index (κ2) is 6.59. The number of likely N-dealkylation sites (tertiary alicyclic amines) is 1. The van der Waals surface area contributed by atoms with Crippen LogP contribution < -0.4 is 10.1 Å². The maximum absolute atomic E-state index is 5.32. The Kier molecular flexibility index (Phi) is 4.81. The van der Waals surface area contributed by atoms with Gasteiger partial charge in [-0.2, -0.15) is 0 Å². The smallest absolute Gasteiger partial charge is 0.213 e. The van der Waals surface area contributed by atoms with Crippen LogP contribution in [0.2, 0.25) is 0 Å². The van der Waals surface area contributed by atoms with Crippen molar-refractivity contribution in [3.05, 3.63) is 18.3 Å². The van der Waals surface area contributed by atoms with Crippen molar-refractivity contribution in [2.45, 2.75) is 19.8 Å². The van der Waals surface area contributed by atoms with Crippen molar-refractivity contribution >= 4 is 5.69 Å². The van der Waals surface area contributed by atoms with Gasteiger partial charge in [-0.3, -0.25) is 0 Å². The first-order valence-electron chi connectivity index (χ1n) is 6.79. The first-order valence-corrected chi connectivity index (χ1v) is 6.79. The quantitative estimate of drug-likeness (QED) is 0.868. The van der Waals surface area contributed by atoms with Crippen LogP contribution in [0.5, 0.6) is 5.88 Å². The number of aromatic nitrogens is 1. The van der Waals surface area contributed by atoms with E-state index in [0.29, 0.717) is 12.5 Å². The standard InChI is InChI=1S/C14H23N3O/c1-3-18-14-5-4-13(11-16-14)15-10-12-6-8-17(2)9-7-12/h4-5,11-12,15H,3,6-10H2,1-2H3. The van der Waals surface area contributed by atoms with Crippen molar-refractivity contribution in [1.82, 2.24) is 9.88 Å². The average molecular weight is 249 g/mol. The summed E-state index contributed by atoms with van der Waals surface area (Å²) in [6.45, 7) is 6.11. The molecule has 18 heavy (non-hydrogen) atoms. The molecule has 2 rings (SSSR count). The molecular weight excluding hydrogens is 226 g/mol. The highest BCUT2D eigenvalue weighted by molar-refractivity contribution is 5.41. The molecule has 0 aromatic carbocycles. The maximum atomic E-state index is 5.32. The Morgan fingerprint density at radius 3 is 2.78 bits per heavy atom. The topological polar surface area (TPSA) is 37.4 Å². The van der Waals surface area contributed by atoms with Gasteiger partial charge in [0.05, 0.1) is 18.5 Å². The fourth-order valence-electron chi connectivity index (χ4n) is 2.25. The van der Waals surface area contributed by atoms with Crippen LogP contribution in [0, 0.1) is 5.92 Å². The number of anilines is 1. The normalized spacial score (nSPS) is 17.7. The Bertz CT molecular complexity index is 345. The minimum absolute atomic E-state index is 0.662. The van der Waals surface area contributed by atoms with Crippen LogP contribution in [-0.4, -0.2) is 43.2 Å². The molecule has 1 aliphatic rings. The molecule has 4 heteroatoms. The highest BCUT2D eigenvalue weighted by Crippen LogP contribution is 2.17. The molecule has 0 aliphatic carbocycles. The van der Waals surface area contributed by atoms with E-state index < -0.39 is 0 Å². The molecule has 100 valence electrons. The molecule has 0 radical (unpaired) electrons. The van der Waals surface area contributed by atoms with Crippen LogP contribution in [0.15, 0.2) is 18.3 Å². The van der Waals surface area contributed by atoms with Gasteiger partial charge in [-0.25, -0.2) is 4.98 Å². The Morgan fingerprint density at radius 2 is 2.17 bits per heavy atom. The third kappa shape index (κ3) is 3.88. The molecule has 1 aromatic rings. The summed E-state index contributed by atoms with van der Waals surface area (Å²) in [5.41, 5.74) is 1.08. The van der Waals surface area contributed by atoms with Crippen molar-refractivity contribution < 1.29 is 4.74 Å². The van der Waals surface area contributed by atoms with Gasteiger partial charge in [0.15, 0.2) is 0 Å². The van der Waals surface area contributed by atoms with E-state index in [1.165, 1.54) is 25.9 Å². The Hall–Kier alpha value is -1.29. The largest absolute Gasteiger partial charge is 0.478 e. The van der Waals surface area contributed by atoms with Gasteiger partial charge in [-0.05, 0) is 51.9 Å². The molecule has 1 fully saturated rings. The van der Waals surface area contributed by atoms with Crippen molar-refractivity contribution in [3.63, 3.8) is 0 Å². The van der Waals surface area contributed by atoms with Gasteiger partial charge in [0.25, 0.3) is 0 Å². The summed E-state index contributed by atoms with van der Waals surface area (Å²) in [6, 6.07) is 3.95. The Balaban J connectivity index is 1.76. The fourth-order valence-corrected chi connectivity index (χ4v) is 2.25. The summed E-state index contributed by atoms with van der Waals surface area (Å²) in [4.78, 5) is 6.65. The van der Waals surface area contributed by atoms with Crippen molar-refractivity contribution in [2.75, 3.05) is 38.6 Å². The fraction of sp³-hybridized carbons (Fsp3) is 0.643. The number of pyridine rings is 1. The number of nitrogens with zero attached hydrogens (tertiary/aromatic N) is 2. The Labute approximate surface area is 109 Å². The van der Waals surface area contributed by atoms with Gasteiger partial charge in [-0.15, -0.1) is 0 Å². The molecular formula is C14H23N3O. The van der Waals surface area contributed by atoms with E-state index in [9.17, 15) is 0 Å². The third-order valence-corrected chi connectivity index (χ3v) is 3.46. The molecule has 2 heterocycles. The lowest BCUT2D eigenvalue weighted by molar-refractivity contribution is 0.226. The van der Waals surface area contributed by atoms with Crippen LogP contribution in [0.3, 0.4) is 0 Å². The predicted octanol–water partition coefficient (Wildman–Crippen LogP) is 2.23. The van der Waals surface area contributed by atoms with Gasteiger partial charge in [0.1, 0.15) is 0 Å². The summed E-state index contributed by atoms with van der Waals surface area (Å²) in [6.07, 6.45) is 4.42. The van der Waals surface area contributed by atoms with Gasteiger partial charge in [-0.1, -0.05) is 0 Å². The maximum Gasteiger partial charge on any atom is 0.213 e. The van der Waals surface area contributed by atoms with E-state index in [-0.39, 0.29) is 0 Å². The van der Waals surface area contributed by atoms with Crippen LogP contribution in [0.4, 0.5) is 5.69 Å². The van der Waals surface area contributed by atoms with Crippen LogP contribution >= 0.6 is 0 Å². The lowest BCUT2D eigenvalue weighted by atomic mass is 9.97. The predicted molar refractivity (Wildman–Crippen MR) is 74.1 cm³/mol. The van der Waals surface area contributed by atoms with Crippen LogP contribution in [0.25, 0.3) is 0 Å². The molecule has 0 bridgehead atoms. The molecule has 4 nitrogen and oxygen atoms in total. The Morgan fingerprint density at radius 1 is 1.39 bits per heavy atom. The number of nitrogens with one attached hydrogen (secondary N) is 1. The molecule has 1 aliphatic heterocycles. The third-order valence-electron chi connectivity index (χ3n) is 3.46. The van der Waals surface area contributed by atoms with E-state index in [1.807, 2.05) is 25.3 Å². The highest BCUT2D eigenvalue weighted by atomic mass is 16.5. The summed E-state index contributed by atoms with van der Waals surface area (Å²) < 4.78 is 5.32. The number of rotatable bonds is 5. The number of hydrogen-bond donors (Lipinski definition) is 1. The zero-order valence-electron chi connectivity index (χ0n) is 11.4. The molecule has 1 N–H and O–H groups in total. The van der Waals surface area contributed by atoms with Gasteiger partial charge >= 0.3 is 0 Å². The second-order valence-electron chi connectivity index (χ2n) is 4.95. The summed E-state index contributed by atoms with van der Waals surface area (Å²) in [5, 5.41) is 3.46. The molecule has 0 atom stereocenters. The van der Waals surface area contributed by atoms with Crippen molar-refractivity contribution in [2.24, 2.45) is 5.92 Å². The summed E-state index contributed by atoms with van der Waals surface area (Å²) in [5.74, 6) is 1.48. The van der Waals surface area contributed by atoms with Gasteiger partial charge in [0.2, 0.25) is 5.88 Å². The SMILES string of the molecule is CCOc1ccc(NCC2CCN(C)CC2)cn1. The van der Waals surface area contributed by atoms with Crippen LogP contribution in [0.1, 0.15) is 19.8 Å².